The number of nitrogens with one attached hydrogen (secondary N) is 1. The molecule has 0 unspecified atom stereocenters. The summed E-state index contributed by atoms with van der Waals surface area (Å²) in [4.78, 5) is 30.7. The lowest BCUT2D eigenvalue weighted by Gasteiger charge is -2.35. The number of halogens is 2. The van der Waals surface area contributed by atoms with Crippen molar-refractivity contribution in [1.29, 1.82) is 0 Å². The zero-order valence-corrected chi connectivity index (χ0v) is 16.2. The number of amides is 1. The quantitative estimate of drug-likeness (QED) is 0.508. The van der Waals surface area contributed by atoms with Gasteiger partial charge in [-0.25, -0.2) is 13.8 Å². The lowest BCUT2D eigenvalue weighted by atomic mass is 9.97. The molecule has 1 aliphatic heterocycles. The van der Waals surface area contributed by atoms with Gasteiger partial charge in [-0.3, -0.25) is 14.8 Å². The summed E-state index contributed by atoms with van der Waals surface area (Å²) in [5.41, 5.74) is 7.30. The van der Waals surface area contributed by atoms with Gasteiger partial charge in [-0.15, -0.1) is 0 Å². The summed E-state index contributed by atoms with van der Waals surface area (Å²) < 4.78 is 26.5. The van der Waals surface area contributed by atoms with Crippen LogP contribution in [0.1, 0.15) is 24.6 Å². The van der Waals surface area contributed by atoms with Gasteiger partial charge >= 0.3 is 0 Å². The van der Waals surface area contributed by atoms with Crippen LogP contribution in [0, 0.1) is 0 Å². The highest BCUT2D eigenvalue weighted by Crippen LogP contribution is 2.34. The number of aromatic nitrogens is 3. The Labute approximate surface area is 172 Å². The SMILES string of the molecule is CN=C/C(C(=O)N1CCc2[nH]cnc2[C@@H]1c1ccc2ccccc2n1)=C(\N)C(F)F.[HH]. The molecule has 3 heterocycles. The van der Waals surface area contributed by atoms with Crippen molar-refractivity contribution in [3.05, 3.63) is 71.1 Å². The number of nitrogens with zero attached hydrogens (tertiary/aromatic N) is 4. The van der Waals surface area contributed by atoms with Gasteiger partial charge in [0, 0.05) is 38.7 Å². The summed E-state index contributed by atoms with van der Waals surface area (Å²) in [5, 5.41) is 0.956. The number of aromatic amines is 1. The third kappa shape index (κ3) is 3.42. The highest BCUT2D eigenvalue weighted by Gasteiger charge is 2.37. The van der Waals surface area contributed by atoms with Gasteiger partial charge in [-0.1, -0.05) is 24.3 Å². The highest BCUT2D eigenvalue weighted by atomic mass is 19.3. The van der Waals surface area contributed by atoms with Crippen molar-refractivity contribution >= 4 is 23.0 Å². The molecule has 3 aromatic rings. The molecule has 0 spiro atoms. The number of hydrogen-bond acceptors (Lipinski definition) is 5. The van der Waals surface area contributed by atoms with Crippen LogP contribution in [-0.2, 0) is 11.2 Å². The van der Waals surface area contributed by atoms with E-state index in [1.807, 2.05) is 36.4 Å². The molecule has 1 atom stereocenters. The molecule has 0 saturated heterocycles. The first-order valence-electron chi connectivity index (χ1n) is 9.40. The molecular weight excluding hydrogens is 390 g/mol. The lowest BCUT2D eigenvalue weighted by molar-refractivity contribution is -0.128. The standard InChI is InChI=1S/C21H20F2N6O.H2/c1-25-10-13(17(24)20(22)23)21(30)29-9-8-15-18(27-11-26-15)19(29)16-7-6-12-4-2-3-5-14(12)28-16;/h2-7,10-11,19-20H,8-9,24H2,1H3,(H,26,27);1H/b17-13+,25-10?;/t19-;/m0./s1. The summed E-state index contributed by atoms with van der Waals surface area (Å²) in [7, 11) is 1.40. The van der Waals surface area contributed by atoms with E-state index < -0.39 is 24.1 Å². The Balaban J connectivity index is 0.00000272. The number of hydrogen-bond donors (Lipinski definition) is 2. The molecule has 2 aromatic heterocycles. The van der Waals surface area contributed by atoms with Gasteiger partial charge in [0.2, 0.25) is 0 Å². The van der Waals surface area contributed by atoms with Crippen molar-refractivity contribution in [2.24, 2.45) is 10.7 Å². The van der Waals surface area contributed by atoms with E-state index in [4.69, 9.17) is 10.7 Å². The molecule has 3 N–H and O–H groups in total. The first kappa shape index (κ1) is 19.7. The van der Waals surface area contributed by atoms with Crippen LogP contribution in [0.2, 0.25) is 0 Å². The van der Waals surface area contributed by atoms with Gasteiger partial charge in [0.05, 0.1) is 34.5 Å². The number of benzene rings is 1. The molecule has 0 bridgehead atoms. The number of H-pyrrole nitrogens is 1. The van der Waals surface area contributed by atoms with Crippen LogP contribution < -0.4 is 5.73 Å². The minimum Gasteiger partial charge on any atom is -0.397 e. The molecule has 0 aliphatic carbocycles. The van der Waals surface area contributed by atoms with Crippen LogP contribution in [0.3, 0.4) is 0 Å². The van der Waals surface area contributed by atoms with Crippen LogP contribution >= 0.6 is 0 Å². The Morgan fingerprint density at radius 2 is 2.17 bits per heavy atom. The molecule has 0 fully saturated rings. The molecule has 30 heavy (non-hydrogen) atoms. The number of pyridine rings is 1. The monoisotopic (exact) mass is 412 g/mol. The number of carbonyl (C=O) groups excluding carboxylic acids is 1. The summed E-state index contributed by atoms with van der Waals surface area (Å²) in [5.74, 6) is -0.632. The second-order valence-corrected chi connectivity index (χ2v) is 6.90. The molecule has 7 nitrogen and oxygen atoms in total. The minimum atomic E-state index is -2.97. The van der Waals surface area contributed by atoms with Crippen molar-refractivity contribution < 1.29 is 15.0 Å². The molecule has 1 amide bonds. The summed E-state index contributed by atoms with van der Waals surface area (Å²) in [6, 6.07) is 10.7. The Bertz CT molecular complexity index is 1160. The van der Waals surface area contributed by atoms with Gasteiger partial charge in [-0.05, 0) is 12.1 Å². The molecule has 1 aliphatic rings. The van der Waals surface area contributed by atoms with E-state index in [9.17, 15) is 13.6 Å². The number of carbonyl (C=O) groups is 1. The number of allylic oxidation sites excluding steroid dienone is 1. The van der Waals surface area contributed by atoms with E-state index in [0.29, 0.717) is 24.4 Å². The molecule has 156 valence electrons. The van der Waals surface area contributed by atoms with Gasteiger partial charge in [0.1, 0.15) is 6.04 Å². The van der Waals surface area contributed by atoms with Crippen molar-refractivity contribution in [1.82, 2.24) is 19.9 Å². The number of imidazole rings is 1. The van der Waals surface area contributed by atoms with Crippen LogP contribution in [0.5, 0.6) is 0 Å². The zero-order valence-electron chi connectivity index (χ0n) is 16.2. The van der Waals surface area contributed by atoms with E-state index >= 15 is 0 Å². The number of rotatable bonds is 4. The molecule has 0 radical (unpaired) electrons. The zero-order chi connectivity index (χ0) is 21.3. The summed E-state index contributed by atoms with van der Waals surface area (Å²) >= 11 is 0. The van der Waals surface area contributed by atoms with E-state index in [-0.39, 0.29) is 7.00 Å². The van der Waals surface area contributed by atoms with Gasteiger partial charge in [-0.2, -0.15) is 0 Å². The molecular formula is C21H22F2N6O. The minimum absolute atomic E-state index is 0. The van der Waals surface area contributed by atoms with Gasteiger partial charge in [0.15, 0.2) is 0 Å². The largest absolute Gasteiger partial charge is 0.397 e. The van der Waals surface area contributed by atoms with Crippen LogP contribution in [0.15, 0.2) is 59.0 Å². The van der Waals surface area contributed by atoms with Crippen molar-refractivity contribution in [3.63, 3.8) is 0 Å². The van der Waals surface area contributed by atoms with Crippen molar-refractivity contribution in [2.45, 2.75) is 18.9 Å². The van der Waals surface area contributed by atoms with Crippen LogP contribution in [0.4, 0.5) is 8.78 Å². The average Bonchev–Trinajstić information content (AvgIpc) is 3.24. The van der Waals surface area contributed by atoms with Crippen molar-refractivity contribution in [3.8, 4) is 0 Å². The number of alkyl halides is 2. The fourth-order valence-corrected chi connectivity index (χ4v) is 3.68. The number of para-hydroxylation sites is 1. The topological polar surface area (TPSA) is 100 Å². The second kappa shape index (κ2) is 8.02. The smallest absolute Gasteiger partial charge is 0.278 e. The number of aliphatic imine (C=N–C) groups is 1. The maximum Gasteiger partial charge on any atom is 0.278 e. The van der Waals surface area contributed by atoms with Crippen LogP contribution in [-0.4, -0.2) is 52.0 Å². The second-order valence-electron chi connectivity index (χ2n) is 6.90. The summed E-state index contributed by atoms with van der Waals surface area (Å²) in [6.07, 6.45) is 0.181. The third-order valence-corrected chi connectivity index (χ3v) is 5.12. The highest BCUT2D eigenvalue weighted by molar-refractivity contribution is 6.13. The van der Waals surface area contributed by atoms with Crippen molar-refractivity contribution in [2.75, 3.05) is 13.6 Å². The maximum absolute atomic E-state index is 13.3. The fraction of sp³-hybridized carbons (Fsp3) is 0.238. The maximum atomic E-state index is 13.3. The van der Waals surface area contributed by atoms with E-state index in [1.165, 1.54) is 11.9 Å². The van der Waals surface area contributed by atoms with E-state index in [2.05, 4.69) is 15.0 Å². The van der Waals surface area contributed by atoms with E-state index in [0.717, 1.165) is 22.8 Å². The third-order valence-electron chi connectivity index (χ3n) is 5.12. The normalized spacial score (nSPS) is 17.5. The fourth-order valence-electron chi connectivity index (χ4n) is 3.68. The molecule has 0 saturated carbocycles. The lowest BCUT2D eigenvalue weighted by Crippen LogP contribution is -2.43. The predicted octanol–water partition coefficient (Wildman–Crippen LogP) is 2.86. The summed E-state index contributed by atoms with van der Waals surface area (Å²) in [6.45, 7) is 0.296. The Morgan fingerprint density at radius 1 is 1.37 bits per heavy atom. The first-order chi connectivity index (χ1) is 14.5. The number of nitrogens with two attached hydrogens (primary N) is 1. The number of fused-ring (bicyclic) bond motifs is 2. The van der Waals surface area contributed by atoms with Crippen LogP contribution in [0.25, 0.3) is 10.9 Å². The molecule has 1 aromatic carbocycles. The van der Waals surface area contributed by atoms with Gasteiger partial charge in [0.25, 0.3) is 12.3 Å². The Morgan fingerprint density at radius 3 is 2.93 bits per heavy atom. The van der Waals surface area contributed by atoms with Gasteiger partial charge < -0.3 is 15.6 Å². The first-order valence-corrected chi connectivity index (χ1v) is 9.40. The van der Waals surface area contributed by atoms with E-state index in [1.54, 1.807) is 6.33 Å². The Kier molecular flexibility index (Phi) is 5.26. The molecule has 9 heteroatoms. The Hall–Kier alpha value is -3.62. The average molecular weight is 412 g/mol. The molecule has 4 rings (SSSR count). The predicted molar refractivity (Wildman–Crippen MR) is 111 cm³/mol.